The van der Waals surface area contributed by atoms with Gasteiger partial charge in [0.05, 0.1) is 17.4 Å². The molecular formula is C12H16FNO3S. The Hall–Kier alpha value is -0.980. The Labute approximate surface area is 106 Å². The third kappa shape index (κ3) is 2.15. The van der Waals surface area contributed by atoms with E-state index in [0.29, 0.717) is 0 Å². The molecule has 1 saturated carbocycles. The summed E-state index contributed by atoms with van der Waals surface area (Å²) in [6.45, 7) is 0.160. The zero-order chi connectivity index (χ0) is 13.6. The van der Waals surface area contributed by atoms with E-state index < -0.39 is 20.6 Å². The number of methoxy groups -OCH3 is 1. The minimum Gasteiger partial charge on any atom is -0.383 e. The summed E-state index contributed by atoms with van der Waals surface area (Å²) in [5.41, 5.74) is 5.92. The number of hydrogen-bond donors (Lipinski definition) is 1. The lowest BCUT2D eigenvalue weighted by Crippen LogP contribution is -2.35. The highest BCUT2D eigenvalue weighted by molar-refractivity contribution is 7.91. The van der Waals surface area contributed by atoms with Gasteiger partial charge in [-0.15, -0.1) is 0 Å². The van der Waals surface area contributed by atoms with E-state index in [0.717, 1.165) is 5.56 Å². The number of halogens is 1. The Bertz CT molecular complexity index is 543. The van der Waals surface area contributed by atoms with Gasteiger partial charge in [-0.3, -0.25) is 0 Å². The summed E-state index contributed by atoms with van der Waals surface area (Å²) in [7, 11) is -1.79. The zero-order valence-corrected chi connectivity index (χ0v) is 11.1. The molecule has 0 bridgehead atoms. The van der Waals surface area contributed by atoms with Crippen molar-refractivity contribution >= 4 is 9.84 Å². The van der Waals surface area contributed by atoms with Crippen molar-refractivity contribution in [2.24, 2.45) is 5.73 Å². The van der Waals surface area contributed by atoms with E-state index >= 15 is 0 Å². The van der Waals surface area contributed by atoms with Gasteiger partial charge in [0.15, 0.2) is 9.84 Å². The van der Waals surface area contributed by atoms with Gasteiger partial charge >= 0.3 is 0 Å². The molecule has 0 aromatic heterocycles. The number of ether oxygens (including phenoxy) is 1. The fourth-order valence-electron chi connectivity index (χ4n) is 2.65. The third-order valence-corrected chi connectivity index (χ3v) is 5.02. The normalized spacial score (nSPS) is 31.3. The Balaban J connectivity index is 2.35. The van der Waals surface area contributed by atoms with Crippen LogP contribution in [0.15, 0.2) is 24.3 Å². The molecular weight excluding hydrogens is 257 g/mol. The van der Waals surface area contributed by atoms with E-state index in [4.69, 9.17) is 10.5 Å². The number of hydrogen-bond acceptors (Lipinski definition) is 4. The molecule has 2 rings (SSSR count). The van der Waals surface area contributed by atoms with Gasteiger partial charge in [0.1, 0.15) is 5.82 Å². The predicted octanol–water partition coefficient (Wildman–Crippen LogP) is 0.680. The van der Waals surface area contributed by atoms with E-state index in [9.17, 15) is 12.8 Å². The molecule has 1 aromatic carbocycles. The highest BCUT2D eigenvalue weighted by Gasteiger charge is 2.67. The van der Waals surface area contributed by atoms with Gasteiger partial charge in [0.25, 0.3) is 0 Å². The average Bonchev–Trinajstić information content (AvgIpc) is 2.86. The maximum absolute atomic E-state index is 12.9. The van der Waals surface area contributed by atoms with Crippen molar-refractivity contribution in [2.75, 3.05) is 20.0 Å². The molecule has 3 atom stereocenters. The summed E-state index contributed by atoms with van der Waals surface area (Å²) in [4.78, 5) is 0. The summed E-state index contributed by atoms with van der Waals surface area (Å²) in [6.07, 6.45) is 1.17. The first kappa shape index (κ1) is 13.5. The minimum atomic E-state index is -3.27. The van der Waals surface area contributed by atoms with Gasteiger partial charge in [-0.1, -0.05) is 12.1 Å². The van der Waals surface area contributed by atoms with E-state index in [1.54, 1.807) is 12.1 Å². The maximum atomic E-state index is 12.9. The topological polar surface area (TPSA) is 69.4 Å². The quantitative estimate of drug-likeness (QED) is 0.876. The molecule has 1 aliphatic carbocycles. The van der Waals surface area contributed by atoms with Gasteiger partial charge in [-0.25, -0.2) is 12.8 Å². The third-order valence-electron chi connectivity index (χ3n) is 3.39. The zero-order valence-electron chi connectivity index (χ0n) is 10.3. The first-order chi connectivity index (χ1) is 8.30. The van der Waals surface area contributed by atoms with Crippen LogP contribution in [-0.2, 0) is 14.6 Å². The van der Waals surface area contributed by atoms with Gasteiger partial charge in [0, 0.05) is 19.3 Å². The van der Waals surface area contributed by atoms with Crippen LogP contribution in [0.1, 0.15) is 11.5 Å². The molecule has 0 unspecified atom stereocenters. The van der Waals surface area contributed by atoms with Crippen LogP contribution in [-0.4, -0.2) is 39.2 Å². The molecule has 0 saturated heterocycles. The lowest BCUT2D eigenvalue weighted by atomic mass is 10.1. The van der Waals surface area contributed by atoms with E-state index in [1.165, 1.54) is 25.5 Å². The highest BCUT2D eigenvalue weighted by Crippen LogP contribution is 2.53. The lowest BCUT2D eigenvalue weighted by Gasteiger charge is -2.10. The lowest BCUT2D eigenvalue weighted by molar-refractivity contribution is 0.171. The standard InChI is InChI=1S/C12H16FNO3S/c1-17-7-12(14)10(11(12)18(2,15)16)8-3-5-9(13)6-4-8/h3-6,10-11H,7,14H2,1-2H3/t10-,11+,12-/m1/s1. The summed E-state index contributed by atoms with van der Waals surface area (Å²) in [5, 5.41) is -0.671. The van der Waals surface area contributed by atoms with Crippen molar-refractivity contribution in [3.63, 3.8) is 0 Å². The summed E-state index contributed by atoms with van der Waals surface area (Å²) in [6, 6.07) is 5.76. The largest absolute Gasteiger partial charge is 0.383 e. The van der Waals surface area contributed by atoms with Crippen molar-refractivity contribution in [1.82, 2.24) is 0 Å². The fraction of sp³-hybridized carbons (Fsp3) is 0.500. The summed E-state index contributed by atoms with van der Waals surface area (Å²) < 4.78 is 41.3. The Kier molecular flexibility index (Phi) is 3.21. The molecule has 0 spiro atoms. The van der Waals surface area contributed by atoms with Crippen molar-refractivity contribution in [1.29, 1.82) is 0 Å². The number of rotatable bonds is 4. The highest BCUT2D eigenvalue weighted by atomic mass is 32.2. The van der Waals surface area contributed by atoms with Crippen LogP contribution < -0.4 is 5.73 Å². The second kappa shape index (κ2) is 4.29. The van der Waals surface area contributed by atoms with Gasteiger partial charge < -0.3 is 10.5 Å². The van der Waals surface area contributed by atoms with Crippen LogP contribution in [0, 0.1) is 5.82 Å². The van der Waals surface area contributed by atoms with E-state index in [2.05, 4.69) is 0 Å². The smallest absolute Gasteiger partial charge is 0.152 e. The minimum absolute atomic E-state index is 0.160. The van der Waals surface area contributed by atoms with Gasteiger partial charge in [-0.2, -0.15) is 0 Å². The van der Waals surface area contributed by atoms with E-state index in [1.807, 2.05) is 0 Å². The van der Waals surface area contributed by atoms with Crippen LogP contribution in [0.4, 0.5) is 4.39 Å². The molecule has 2 N–H and O–H groups in total. The monoisotopic (exact) mass is 273 g/mol. The molecule has 100 valence electrons. The predicted molar refractivity (Wildman–Crippen MR) is 66.6 cm³/mol. The number of nitrogens with two attached hydrogens (primary N) is 1. The second-order valence-electron chi connectivity index (χ2n) is 4.82. The van der Waals surface area contributed by atoms with Crippen LogP contribution in [0.5, 0.6) is 0 Å². The molecule has 0 heterocycles. The first-order valence-electron chi connectivity index (χ1n) is 5.53. The molecule has 0 radical (unpaired) electrons. The fourth-order valence-corrected chi connectivity index (χ4v) is 4.48. The summed E-state index contributed by atoms with van der Waals surface area (Å²) in [5.74, 6) is -0.697. The first-order valence-corrected chi connectivity index (χ1v) is 7.48. The van der Waals surface area contributed by atoms with Crippen molar-refractivity contribution in [2.45, 2.75) is 16.7 Å². The molecule has 1 aliphatic rings. The Morgan fingerprint density at radius 3 is 2.39 bits per heavy atom. The maximum Gasteiger partial charge on any atom is 0.152 e. The molecule has 18 heavy (non-hydrogen) atoms. The molecule has 1 fully saturated rings. The van der Waals surface area contributed by atoms with Crippen molar-refractivity contribution in [3.8, 4) is 0 Å². The van der Waals surface area contributed by atoms with Gasteiger partial charge in [0.2, 0.25) is 0 Å². The number of sulfone groups is 1. The van der Waals surface area contributed by atoms with Crippen LogP contribution in [0.3, 0.4) is 0 Å². The van der Waals surface area contributed by atoms with Crippen molar-refractivity contribution in [3.05, 3.63) is 35.6 Å². The summed E-state index contributed by atoms with van der Waals surface area (Å²) >= 11 is 0. The second-order valence-corrected chi connectivity index (χ2v) is 6.99. The molecule has 1 aromatic rings. The van der Waals surface area contributed by atoms with Crippen LogP contribution >= 0.6 is 0 Å². The SMILES string of the molecule is COC[C@@]1(N)[C@H](c2ccc(F)cc2)[C@@H]1S(C)(=O)=O. The average molecular weight is 273 g/mol. The van der Waals surface area contributed by atoms with Crippen LogP contribution in [0.25, 0.3) is 0 Å². The molecule has 6 heteroatoms. The Morgan fingerprint density at radius 2 is 1.94 bits per heavy atom. The molecule has 0 aliphatic heterocycles. The Morgan fingerprint density at radius 1 is 1.39 bits per heavy atom. The van der Waals surface area contributed by atoms with E-state index in [-0.39, 0.29) is 18.3 Å². The van der Waals surface area contributed by atoms with Crippen LogP contribution in [0.2, 0.25) is 0 Å². The van der Waals surface area contributed by atoms with Crippen molar-refractivity contribution < 1.29 is 17.5 Å². The number of benzene rings is 1. The molecule has 4 nitrogen and oxygen atoms in total. The molecule has 0 amide bonds. The van der Waals surface area contributed by atoms with Gasteiger partial charge in [-0.05, 0) is 17.7 Å².